The van der Waals surface area contributed by atoms with Crippen molar-refractivity contribution >= 4 is 38.6 Å². The molecule has 6 heteroatoms. The Morgan fingerprint density at radius 3 is 3.11 bits per heavy atom. The number of rotatable bonds is 3. The van der Waals surface area contributed by atoms with E-state index < -0.39 is 6.09 Å². The molecule has 1 heterocycles. The monoisotopic (exact) mass is 310 g/mol. The van der Waals surface area contributed by atoms with Crippen LogP contribution in [0.1, 0.15) is 0 Å². The Bertz CT molecular complexity index is 574. The van der Waals surface area contributed by atoms with Gasteiger partial charge >= 0.3 is 6.09 Å². The largest absolute Gasteiger partial charge is 0.447 e. The molecule has 0 aliphatic carbocycles. The van der Waals surface area contributed by atoms with Crippen molar-refractivity contribution < 1.29 is 14.6 Å². The summed E-state index contributed by atoms with van der Waals surface area (Å²) in [4.78, 5) is 15.6. The lowest BCUT2D eigenvalue weighted by Gasteiger charge is -2.08. The molecule has 94 valence electrons. The van der Waals surface area contributed by atoms with Gasteiger partial charge in [0.15, 0.2) is 0 Å². The zero-order valence-electron chi connectivity index (χ0n) is 9.39. The van der Waals surface area contributed by atoms with Crippen molar-refractivity contribution in [3.63, 3.8) is 0 Å². The number of halogens is 1. The second-order valence-electron chi connectivity index (χ2n) is 3.52. The number of aromatic nitrogens is 1. The quantitative estimate of drug-likeness (QED) is 0.914. The Hall–Kier alpha value is -1.66. The first kappa shape index (κ1) is 12.8. The molecule has 0 aliphatic rings. The van der Waals surface area contributed by atoms with E-state index in [1.165, 1.54) is 0 Å². The highest BCUT2D eigenvalue weighted by Crippen LogP contribution is 2.23. The van der Waals surface area contributed by atoms with Crippen molar-refractivity contribution in [2.75, 3.05) is 18.5 Å². The predicted molar refractivity (Wildman–Crippen MR) is 71.5 cm³/mol. The molecule has 5 nitrogen and oxygen atoms in total. The standard InChI is InChI=1S/C12H11BrN2O3/c13-9-6-8-2-1-3-10(11(8)14-7-9)15-12(17)18-5-4-16/h1-3,6-7,16H,4-5H2,(H,15,17). The van der Waals surface area contributed by atoms with Gasteiger partial charge in [-0.15, -0.1) is 0 Å². The third kappa shape index (κ3) is 2.96. The fourth-order valence-corrected chi connectivity index (χ4v) is 1.87. The van der Waals surface area contributed by atoms with E-state index in [0.29, 0.717) is 11.2 Å². The summed E-state index contributed by atoms with van der Waals surface area (Å²) in [5.41, 5.74) is 1.25. The van der Waals surface area contributed by atoms with Crippen molar-refractivity contribution in [1.29, 1.82) is 0 Å². The van der Waals surface area contributed by atoms with Gasteiger partial charge in [0.05, 0.1) is 17.8 Å². The molecule has 2 rings (SSSR count). The Balaban J connectivity index is 2.25. The first-order valence-corrected chi connectivity index (χ1v) is 6.09. The van der Waals surface area contributed by atoms with Gasteiger partial charge in [0.1, 0.15) is 6.61 Å². The second kappa shape index (κ2) is 5.79. The van der Waals surface area contributed by atoms with Crippen LogP contribution in [0.5, 0.6) is 0 Å². The van der Waals surface area contributed by atoms with Crippen LogP contribution in [0.4, 0.5) is 10.5 Å². The molecular weight excluding hydrogens is 300 g/mol. The van der Waals surface area contributed by atoms with Crippen LogP contribution < -0.4 is 5.32 Å². The molecule has 0 saturated carbocycles. The van der Waals surface area contributed by atoms with E-state index in [9.17, 15) is 4.79 Å². The maximum Gasteiger partial charge on any atom is 0.411 e. The lowest BCUT2D eigenvalue weighted by molar-refractivity contribution is 0.131. The predicted octanol–water partition coefficient (Wildman–Crippen LogP) is 2.54. The summed E-state index contributed by atoms with van der Waals surface area (Å²) in [6.07, 6.45) is 1.05. The minimum atomic E-state index is -0.610. The average Bonchev–Trinajstić information content (AvgIpc) is 2.36. The van der Waals surface area contributed by atoms with Crippen molar-refractivity contribution in [3.05, 3.63) is 34.9 Å². The highest BCUT2D eigenvalue weighted by molar-refractivity contribution is 9.10. The third-order valence-corrected chi connectivity index (χ3v) is 2.67. The summed E-state index contributed by atoms with van der Waals surface area (Å²) >= 11 is 3.34. The van der Waals surface area contributed by atoms with Crippen LogP contribution in [0.25, 0.3) is 10.9 Å². The van der Waals surface area contributed by atoms with Gasteiger partial charge in [-0.05, 0) is 28.1 Å². The molecule has 0 saturated heterocycles. The molecule has 18 heavy (non-hydrogen) atoms. The SMILES string of the molecule is O=C(Nc1cccc2cc(Br)cnc12)OCCO. The van der Waals surface area contributed by atoms with Crippen molar-refractivity contribution in [2.45, 2.75) is 0 Å². The highest BCUT2D eigenvalue weighted by atomic mass is 79.9. The first-order chi connectivity index (χ1) is 8.70. The third-order valence-electron chi connectivity index (χ3n) is 2.24. The summed E-state index contributed by atoms with van der Waals surface area (Å²) in [6, 6.07) is 7.37. The van der Waals surface area contributed by atoms with Crippen molar-refractivity contribution in [3.8, 4) is 0 Å². The van der Waals surface area contributed by atoms with Crippen molar-refractivity contribution in [2.24, 2.45) is 0 Å². The smallest absolute Gasteiger partial charge is 0.411 e. The number of nitrogens with zero attached hydrogens (tertiary/aromatic N) is 1. The van der Waals surface area contributed by atoms with E-state index in [4.69, 9.17) is 9.84 Å². The molecular formula is C12H11BrN2O3. The Kier molecular flexibility index (Phi) is 4.11. The van der Waals surface area contributed by atoms with Crippen LogP contribution in [0.2, 0.25) is 0 Å². The van der Waals surface area contributed by atoms with E-state index in [1.54, 1.807) is 12.3 Å². The Labute approximate surface area is 112 Å². The summed E-state index contributed by atoms with van der Waals surface area (Å²) in [6.45, 7) is -0.232. The molecule has 2 aromatic rings. The fourth-order valence-electron chi connectivity index (χ4n) is 1.52. The van der Waals surface area contributed by atoms with E-state index in [2.05, 4.69) is 26.2 Å². The van der Waals surface area contributed by atoms with Crippen LogP contribution in [-0.4, -0.2) is 29.4 Å². The normalized spacial score (nSPS) is 10.3. The van der Waals surface area contributed by atoms with Gasteiger partial charge in [-0.25, -0.2) is 4.79 Å². The summed E-state index contributed by atoms with van der Waals surface area (Å²) in [7, 11) is 0. The van der Waals surface area contributed by atoms with Gasteiger partial charge in [-0.1, -0.05) is 12.1 Å². The van der Waals surface area contributed by atoms with Crippen LogP contribution >= 0.6 is 15.9 Å². The molecule has 1 amide bonds. The van der Waals surface area contributed by atoms with E-state index in [0.717, 1.165) is 9.86 Å². The number of ether oxygens (including phenoxy) is 1. The number of hydrogen-bond donors (Lipinski definition) is 2. The maximum atomic E-state index is 11.4. The zero-order chi connectivity index (χ0) is 13.0. The van der Waals surface area contributed by atoms with Gasteiger partial charge in [0, 0.05) is 16.1 Å². The molecule has 0 radical (unpaired) electrons. The van der Waals surface area contributed by atoms with E-state index >= 15 is 0 Å². The van der Waals surface area contributed by atoms with Crippen LogP contribution in [0.15, 0.2) is 34.9 Å². The number of carbonyl (C=O) groups is 1. The van der Waals surface area contributed by atoms with Gasteiger partial charge in [0.2, 0.25) is 0 Å². The van der Waals surface area contributed by atoms with Gasteiger partial charge in [0.25, 0.3) is 0 Å². The van der Waals surface area contributed by atoms with Crippen LogP contribution in [-0.2, 0) is 4.74 Å². The molecule has 0 unspecified atom stereocenters. The number of aliphatic hydroxyl groups is 1. The molecule has 0 fully saturated rings. The summed E-state index contributed by atoms with van der Waals surface area (Å²) in [5.74, 6) is 0. The molecule has 2 N–H and O–H groups in total. The van der Waals surface area contributed by atoms with Gasteiger partial charge in [-0.3, -0.25) is 10.3 Å². The minimum Gasteiger partial charge on any atom is -0.447 e. The molecule has 1 aromatic heterocycles. The van der Waals surface area contributed by atoms with Crippen LogP contribution in [0, 0.1) is 0 Å². The molecule has 0 aliphatic heterocycles. The second-order valence-corrected chi connectivity index (χ2v) is 4.43. The number of anilines is 1. The number of nitrogens with one attached hydrogen (secondary N) is 1. The zero-order valence-corrected chi connectivity index (χ0v) is 11.0. The number of amides is 1. The van der Waals surface area contributed by atoms with Crippen LogP contribution in [0.3, 0.4) is 0 Å². The Morgan fingerprint density at radius 1 is 1.50 bits per heavy atom. The number of para-hydroxylation sites is 1. The average molecular weight is 311 g/mol. The summed E-state index contributed by atoms with van der Waals surface area (Å²) < 4.78 is 5.60. The molecule has 1 aromatic carbocycles. The first-order valence-electron chi connectivity index (χ1n) is 5.29. The lowest BCUT2D eigenvalue weighted by Crippen LogP contribution is -2.16. The number of fused-ring (bicyclic) bond motifs is 1. The molecule has 0 bridgehead atoms. The van der Waals surface area contributed by atoms with Gasteiger partial charge < -0.3 is 9.84 Å². The van der Waals surface area contributed by atoms with Crippen molar-refractivity contribution in [1.82, 2.24) is 4.98 Å². The minimum absolute atomic E-state index is 0.0322. The molecule has 0 spiro atoms. The number of pyridine rings is 1. The number of carbonyl (C=O) groups excluding carboxylic acids is 1. The van der Waals surface area contributed by atoms with E-state index in [-0.39, 0.29) is 13.2 Å². The summed E-state index contributed by atoms with van der Waals surface area (Å²) in [5, 5.41) is 12.1. The fraction of sp³-hybridized carbons (Fsp3) is 0.167. The maximum absolute atomic E-state index is 11.4. The lowest BCUT2D eigenvalue weighted by atomic mass is 10.2. The number of benzene rings is 1. The highest BCUT2D eigenvalue weighted by Gasteiger charge is 2.07. The Morgan fingerprint density at radius 2 is 2.33 bits per heavy atom. The number of aliphatic hydroxyl groups excluding tert-OH is 1. The number of hydrogen-bond acceptors (Lipinski definition) is 4. The van der Waals surface area contributed by atoms with E-state index in [1.807, 2.05) is 18.2 Å². The topological polar surface area (TPSA) is 71.5 Å². The molecule has 0 atom stereocenters. The van der Waals surface area contributed by atoms with Gasteiger partial charge in [-0.2, -0.15) is 0 Å².